The third-order valence-electron chi connectivity index (χ3n) is 2.77. The highest BCUT2D eigenvalue weighted by Gasteiger charge is 2.07. The molecule has 2 N–H and O–H groups in total. The minimum Gasteiger partial charge on any atom is -0.381 e. The van der Waals surface area contributed by atoms with Crippen molar-refractivity contribution in [3.05, 3.63) is 28.6 Å². The van der Waals surface area contributed by atoms with Gasteiger partial charge in [-0.2, -0.15) is 10.2 Å². The predicted octanol–water partition coefficient (Wildman–Crippen LogP) is 2.44. The SMILES string of the molecule is CCC(C)n1ccc(Cn2cc(Br)c(N)n2)n1. The second-order valence-corrected chi connectivity index (χ2v) is 4.96. The lowest BCUT2D eigenvalue weighted by Crippen LogP contribution is -2.07. The van der Waals surface area contributed by atoms with E-state index in [4.69, 9.17) is 5.73 Å². The summed E-state index contributed by atoms with van der Waals surface area (Å²) in [5.74, 6) is 0.506. The van der Waals surface area contributed by atoms with Gasteiger partial charge in [0, 0.05) is 18.4 Å². The lowest BCUT2D eigenvalue weighted by molar-refractivity contribution is 0.471. The van der Waals surface area contributed by atoms with Crippen LogP contribution in [-0.4, -0.2) is 19.6 Å². The Kier molecular flexibility index (Phi) is 3.51. The fourth-order valence-electron chi connectivity index (χ4n) is 1.55. The van der Waals surface area contributed by atoms with Gasteiger partial charge >= 0.3 is 0 Å². The molecule has 0 radical (unpaired) electrons. The number of nitrogen functional groups attached to an aromatic ring is 1. The molecule has 0 fully saturated rings. The minimum absolute atomic E-state index is 0.429. The molecule has 6 heteroatoms. The van der Waals surface area contributed by atoms with E-state index >= 15 is 0 Å². The number of nitrogens with zero attached hydrogens (tertiary/aromatic N) is 4. The van der Waals surface area contributed by atoms with Crippen molar-refractivity contribution in [2.24, 2.45) is 0 Å². The highest BCUT2D eigenvalue weighted by Crippen LogP contribution is 2.17. The van der Waals surface area contributed by atoms with Gasteiger partial charge in [-0.15, -0.1) is 0 Å². The molecule has 5 nitrogen and oxygen atoms in total. The normalized spacial score (nSPS) is 12.9. The fraction of sp³-hybridized carbons (Fsp3) is 0.455. The Labute approximate surface area is 109 Å². The second-order valence-electron chi connectivity index (χ2n) is 4.10. The number of hydrogen-bond acceptors (Lipinski definition) is 3. The van der Waals surface area contributed by atoms with E-state index in [1.165, 1.54) is 0 Å². The van der Waals surface area contributed by atoms with Gasteiger partial charge in [-0.05, 0) is 35.3 Å². The van der Waals surface area contributed by atoms with E-state index < -0.39 is 0 Å². The molecule has 0 aliphatic heterocycles. The van der Waals surface area contributed by atoms with Crippen molar-refractivity contribution >= 4 is 21.7 Å². The maximum atomic E-state index is 5.66. The summed E-state index contributed by atoms with van der Waals surface area (Å²) in [4.78, 5) is 0. The van der Waals surface area contributed by atoms with Gasteiger partial charge in [0.2, 0.25) is 0 Å². The zero-order valence-electron chi connectivity index (χ0n) is 9.97. The Hall–Kier alpha value is -1.30. The highest BCUT2D eigenvalue weighted by atomic mass is 79.9. The van der Waals surface area contributed by atoms with Crippen LogP contribution in [0.3, 0.4) is 0 Å². The molecular weight excluding hydrogens is 282 g/mol. The summed E-state index contributed by atoms with van der Waals surface area (Å²) in [5.41, 5.74) is 6.65. The van der Waals surface area contributed by atoms with E-state index in [1.54, 1.807) is 4.68 Å². The third kappa shape index (κ3) is 2.69. The molecule has 0 saturated carbocycles. The summed E-state index contributed by atoms with van der Waals surface area (Å²) in [6, 6.07) is 2.44. The van der Waals surface area contributed by atoms with E-state index in [2.05, 4.69) is 40.0 Å². The van der Waals surface area contributed by atoms with Crippen molar-refractivity contribution in [2.45, 2.75) is 32.9 Å². The summed E-state index contributed by atoms with van der Waals surface area (Å²) >= 11 is 3.34. The van der Waals surface area contributed by atoms with Gasteiger partial charge in [-0.1, -0.05) is 6.92 Å². The van der Waals surface area contributed by atoms with Gasteiger partial charge < -0.3 is 5.73 Å². The molecular formula is C11H16BrN5. The Morgan fingerprint density at radius 2 is 2.24 bits per heavy atom. The lowest BCUT2D eigenvalue weighted by Gasteiger charge is -2.08. The summed E-state index contributed by atoms with van der Waals surface area (Å²) < 4.78 is 4.58. The number of aromatic nitrogens is 4. The molecule has 2 rings (SSSR count). The van der Waals surface area contributed by atoms with Gasteiger partial charge in [-0.3, -0.25) is 9.36 Å². The first kappa shape index (κ1) is 12.2. The van der Waals surface area contributed by atoms with Gasteiger partial charge in [0.15, 0.2) is 5.82 Å². The van der Waals surface area contributed by atoms with Crippen LogP contribution in [0.15, 0.2) is 22.9 Å². The van der Waals surface area contributed by atoms with E-state index in [9.17, 15) is 0 Å². The van der Waals surface area contributed by atoms with Crippen LogP contribution in [0.5, 0.6) is 0 Å². The topological polar surface area (TPSA) is 61.7 Å². The van der Waals surface area contributed by atoms with Crippen molar-refractivity contribution in [1.29, 1.82) is 0 Å². The first-order valence-corrected chi connectivity index (χ1v) is 6.42. The maximum absolute atomic E-state index is 5.66. The van der Waals surface area contributed by atoms with E-state index in [-0.39, 0.29) is 0 Å². The average molecular weight is 298 g/mol. The van der Waals surface area contributed by atoms with E-state index in [0.717, 1.165) is 16.6 Å². The zero-order valence-corrected chi connectivity index (χ0v) is 11.6. The van der Waals surface area contributed by atoms with Crippen LogP contribution < -0.4 is 5.73 Å². The maximum Gasteiger partial charge on any atom is 0.159 e. The van der Waals surface area contributed by atoms with Crippen molar-refractivity contribution in [3.63, 3.8) is 0 Å². The first-order chi connectivity index (χ1) is 8.10. The largest absolute Gasteiger partial charge is 0.381 e. The van der Waals surface area contributed by atoms with Crippen molar-refractivity contribution in [1.82, 2.24) is 19.6 Å². The van der Waals surface area contributed by atoms with Crippen molar-refractivity contribution in [3.8, 4) is 0 Å². The number of halogens is 1. The molecule has 2 aromatic rings. The minimum atomic E-state index is 0.429. The van der Waals surface area contributed by atoms with Crippen LogP contribution >= 0.6 is 15.9 Å². The average Bonchev–Trinajstić information content (AvgIpc) is 2.87. The highest BCUT2D eigenvalue weighted by molar-refractivity contribution is 9.10. The van der Waals surface area contributed by atoms with Crippen molar-refractivity contribution < 1.29 is 0 Å². The molecule has 0 aromatic carbocycles. The monoisotopic (exact) mass is 297 g/mol. The van der Waals surface area contributed by atoms with Gasteiger partial charge in [0.05, 0.1) is 16.7 Å². The Morgan fingerprint density at radius 3 is 2.82 bits per heavy atom. The molecule has 0 bridgehead atoms. The molecule has 2 heterocycles. The standard InChI is InChI=1S/C11H16BrN5/c1-3-8(2)17-5-4-9(14-17)6-16-7-10(12)11(13)15-16/h4-5,7-8H,3,6H2,1-2H3,(H2,13,15). The number of nitrogens with two attached hydrogens (primary N) is 1. The van der Waals surface area contributed by atoms with Gasteiger partial charge in [-0.25, -0.2) is 0 Å². The molecule has 1 unspecified atom stereocenters. The number of hydrogen-bond donors (Lipinski definition) is 1. The summed E-state index contributed by atoms with van der Waals surface area (Å²) in [6.07, 6.45) is 4.93. The summed E-state index contributed by atoms with van der Waals surface area (Å²) in [6.45, 7) is 4.94. The van der Waals surface area contributed by atoms with E-state index in [0.29, 0.717) is 18.4 Å². The van der Waals surface area contributed by atoms with Crippen LogP contribution in [0.1, 0.15) is 32.0 Å². The van der Waals surface area contributed by atoms with Crippen molar-refractivity contribution in [2.75, 3.05) is 5.73 Å². The molecule has 1 atom stereocenters. The Balaban J connectivity index is 2.11. The van der Waals surface area contributed by atoms with Crippen LogP contribution in [-0.2, 0) is 6.54 Å². The Morgan fingerprint density at radius 1 is 1.47 bits per heavy atom. The molecule has 17 heavy (non-hydrogen) atoms. The predicted molar refractivity (Wildman–Crippen MR) is 70.7 cm³/mol. The lowest BCUT2D eigenvalue weighted by atomic mass is 10.3. The molecule has 0 aliphatic carbocycles. The molecule has 0 amide bonds. The molecule has 0 spiro atoms. The summed E-state index contributed by atoms with van der Waals surface area (Å²) in [5, 5.41) is 8.69. The zero-order chi connectivity index (χ0) is 12.4. The first-order valence-electron chi connectivity index (χ1n) is 5.62. The van der Waals surface area contributed by atoms with Crippen LogP contribution in [0, 0.1) is 0 Å². The van der Waals surface area contributed by atoms with Gasteiger partial charge in [0.25, 0.3) is 0 Å². The Bertz CT molecular complexity index is 482. The molecule has 2 aromatic heterocycles. The third-order valence-corrected chi connectivity index (χ3v) is 3.38. The van der Waals surface area contributed by atoms with Crippen LogP contribution in [0.25, 0.3) is 0 Å². The quantitative estimate of drug-likeness (QED) is 0.943. The summed E-state index contributed by atoms with van der Waals surface area (Å²) in [7, 11) is 0. The fourth-order valence-corrected chi connectivity index (χ4v) is 1.87. The van der Waals surface area contributed by atoms with Crippen LogP contribution in [0.2, 0.25) is 0 Å². The van der Waals surface area contributed by atoms with E-state index in [1.807, 2.05) is 23.1 Å². The number of anilines is 1. The number of rotatable bonds is 4. The van der Waals surface area contributed by atoms with Crippen LogP contribution in [0.4, 0.5) is 5.82 Å². The molecule has 92 valence electrons. The molecule has 0 aliphatic rings. The van der Waals surface area contributed by atoms with Gasteiger partial charge in [0.1, 0.15) is 0 Å². The second kappa shape index (κ2) is 4.91. The molecule has 0 saturated heterocycles. The smallest absolute Gasteiger partial charge is 0.159 e.